The maximum Gasteiger partial charge on any atom is 0.243 e. The van der Waals surface area contributed by atoms with Crippen LogP contribution in [0.1, 0.15) is 36.5 Å². The summed E-state index contributed by atoms with van der Waals surface area (Å²) in [7, 11) is 1.93. The minimum Gasteiger partial charge on any atom is -0.349 e. The highest BCUT2D eigenvalue weighted by Crippen LogP contribution is 2.10. The van der Waals surface area contributed by atoms with Crippen molar-refractivity contribution in [3.05, 3.63) is 28.8 Å². The van der Waals surface area contributed by atoms with E-state index in [-0.39, 0.29) is 0 Å². The van der Waals surface area contributed by atoms with Gasteiger partial charge in [0.25, 0.3) is 0 Å². The lowest BCUT2D eigenvalue weighted by Crippen LogP contribution is -2.09. The Morgan fingerprint density at radius 2 is 1.89 bits per heavy atom. The zero-order valence-corrected chi connectivity index (χ0v) is 11.9. The van der Waals surface area contributed by atoms with Gasteiger partial charge in [0, 0.05) is 24.8 Å². The van der Waals surface area contributed by atoms with E-state index in [1.54, 1.807) is 0 Å². The largest absolute Gasteiger partial charge is 0.349 e. The number of nitrogens with zero attached hydrogens (tertiary/aromatic N) is 5. The van der Waals surface area contributed by atoms with Crippen LogP contribution in [0.5, 0.6) is 0 Å². The Morgan fingerprint density at radius 3 is 2.47 bits per heavy atom. The monoisotopic (exact) mass is 260 g/mol. The number of anilines is 1. The van der Waals surface area contributed by atoms with Crippen molar-refractivity contribution in [3.8, 4) is 0 Å². The Hall–Kier alpha value is -1.98. The van der Waals surface area contributed by atoms with Gasteiger partial charge in [-0.3, -0.25) is 4.68 Å². The summed E-state index contributed by atoms with van der Waals surface area (Å²) >= 11 is 0. The molecule has 0 aliphatic carbocycles. The van der Waals surface area contributed by atoms with Gasteiger partial charge in [-0.1, -0.05) is 13.8 Å². The van der Waals surface area contributed by atoms with Gasteiger partial charge in [-0.15, -0.1) is 5.10 Å². The molecule has 0 fully saturated rings. The molecule has 0 saturated heterocycles. The number of hydrogen-bond acceptors (Lipinski definition) is 5. The fourth-order valence-corrected chi connectivity index (χ4v) is 1.90. The second kappa shape index (κ2) is 5.77. The van der Waals surface area contributed by atoms with Crippen LogP contribution < -0.4 is 5.32 Å². The highest BCUT2D eigenvalue weighted by Gasteiger charge is 2.07. The van der Waals surface area contributed by atoms with Gasteiger partial charge in [-0.25, -0.2) is 4.98 Å². The normalized spacial score (nSPS) is 10.7. The fraction of sp³-hybridized carbons (Fsp3) is 0.538. The standard InChI is InChI=1S/C13H20N6/c1-5-11-12(6-2)17-18-13(16-11)14-7-10-8-15-19(4)9(10)3/h8H,5-7H2,1-4H3,(H,14,16,18). The number of hydrogen-bond donors (Lipinski definition) is 1. The van der Waals surface area contributed by atoms with E-state index in [1.165, 1.54) is 0 Å². The first-order chi connectivity index (χ1) is 9.15. The van der Waals surface area contributed by atoms with E-state index in [1.807, 2.05) is 24.9 Å². The summed E-state index contributed by atoms with van der Waals surface area (Å²) in [6.07, 6.45) is 3.60. The number of aryl methyl sites for hydroxylation is 3. The van der Waals surface area contributed by atoms with E-state index in [0.717, 1.165) is 35.5 Å². The van der Waals surface area contributed by atoms with Crippen LogP contribution in [0, 0.1) is 6.92 Å². The van der Waals surface area contributed by atoms with E-state index < -0.39 is 0 Å². The van der Waals surface area contributed by atoms with E-state index in [0.29, 0.717) is 12.5 Å². The molecular formula is C13H20N6. The van der Waals surface area contributed by atoms with Crippen molar-refractivity contribution in [2.75, 3.05) is 5.32 Å². The van der Waals surface area contributed by atoms with E-state index >= 15 is 0 Å². The number of nitrogens with one attached hydrogen (secondary N) is 1. The van der Waals surface area contributed by atoms with Gasteiger partial charge in [0.2, 0.25) is 5.95 Å². The topological polar surface area (TPSA) is 68.5 Å². The molecule has 0 atom stereocenters. The van der Waals surface area contributed by atoms with Crippen LogP contribution in [0.4, 0.5) is 5.95 Å². The van der Waals surface area contributed by atoms with Crippen molar-refractivity contribution in [1.82, 2.24) is 25.0 Å². The van der Waals surface area contributed by atoms with Crippen LogP contribution in [-0.4, -0.2) is 25.0 Å². The van der Waals surface area contributed by atoms with Gasteiger partial charge < -0.3 is 5.32 Å². The summed E-state index contributed by atoms with van der Waals surface area (Å²) in [5.74, 6) is 0.581. The zero-order valence-electron chi connectivity index (χ0n) is 11.9. The summed E-state index contributed by atoms with van der Waals surface area (Å²) in [4.78, 5) is 4.50. The third-order valence-electron chi connectivity index (χ3n) is 3.28. The molecule has 2 heterocycles. The molecule has 19 heavy (non-hydrogen) atoms. The molecule has 1 N–H and O–H groups in total. The first kappa shape index (κ1) is 13.5. The summed E-state index contributed by atoms with van der Waals surface area (Å²) in [5, 5.41) is 15.7. The molecule has 0 amide bonds. The maximum atomic E-state index is 4.50. The first-order valence-corrected chi connectivity index (χ1v) is 6.59. The van der Waals surface area contributed by atoms with E-state index in [4.69, 9.17) is 0 Å². The van der Waals surface area contributed by atoms with Gasteiger partial charge >= 0.3 is 0 Å². The van der Waals surface area contributed by atoms with Crippen LogP contribution >= 0.6 is 0 Å². The maximum absolute atomic E-state index is 4.50. The van der Waals surface area contributed by atoms with Crippen molar-refractivity contribution >= 4 is 5.95 Å². The van der Waals surface area contributed by atoms with Gasteiger partial charge in [-0.2, -0.15) is 10.2 Å². The van der Waals surface area contributed by atoms with Gasteiger partial charge in [0.05, 0.1) is 17.6 Å². The zero-order chi connectivity index (χ0) is 13.8. The molecular weight excluding hydrogens is 240 g/mol. The molecule has 2 aromatic heterocycles. The molecule has 0 spiro atoms. The minimum atomic E-state index is 0.581. The molecule has 0 aromatic carbocycles. The summed E-state index contributed by atoms with van der Waals surface area (Å²) < 4.78 is 1.85. The Balaban J connectivity index is 2.09. The van der Waals surface area contributed by atoms with Crippen LogP contribution in [-0.2, 0) is 26.4 Å². The van der Waals surface area contributed by atoms with Gasteiger partial charge in [0.15, 0.2) is 0 Å². The highest BCUT2D eigenvalue weighted by atomic mass is 15.3. The SMILES string of the molecule is CCc1nnc(NCc2cnn(C)c2C)nc1CC. The van der Waals surface area contributed by atoms with Gasteiger partial charge in [0.1, 0.15) is 0 Å². The summed E-state index contributed by atoms with van der Waals surface area (Å²) in [5.41, 5.74) is 4.28. The molecule has 102 valence electrons. The molecule has 2 rings (SSSR count). The molecule has 0 aliphatic heterocycles. The smallest absolute Gasteiger partial charge is 0.243 e. The lowest BCUT2D eigenvalue weighted by Gasteiger charge is -2.07. The van der Waals surface area contributed by atoms with Crippen molar-refractivity contribution in [3.63, 3.8) is 0 Å². The van der Waals surface area contributed by atoms with Gasteiger partial charge in [-0.05, 0) is 19.8 Å². The lowest BCUT2D eigenvalue weighted by atomic mass is 10.2. The average Bonchev–Trinajstić information content (AvgIpc) is 2.76. The third-order valence-corrected chi connectivity index (χ3v) is 3.28. The summed E-state index contributed by atoms with van der Waals surface area (Å²) in [6, 6.07) is 0. The predicted molar refractivity (Wildman–Crippen MR) is 73.9 cm³/mol. The Bertz CT molecular complexity index is 560. The molecule has 0 unspecified atom stereocenters. The third kappa shape index (κ3) is 2.89. The van der Waals surface area contributed by atoms with Crippen LogP contribution in [0.15, 0.2) is 6.20 Å². The second-order valence-electron chi connectivity index (χ2n) is 4.47. The predicted octanol–water partition coefficient (Wildman–Crippen LogP) is 1.65. The molecule has 0 bridgehead atoms. The average molecular weight is 260 g/mol. The minimum absolute atomic E-state index is 0.581. The lowest BCUT2D eigenvalue weighted by molar-refractivity contribution is 0.738. The number of rotatable bonds is 5. The molecule has 0 aliphatic rings. The van der Waals surface area contributed by atoms with Crippen LogP contribution in [0.2, 0.25) is 0 Å². The highest BCUT2D eigenvalue weighted by molar-refractivity contribution is 5.29. The Kier molecular flexibility index (Phi) is 4.09. The van der Waals surface area contributed by atoms with Crippen molar-refractivity contribution < 1.29 is 0 Å². The quantitative estimate of drug-likeness (QED) is 0.885. The Labute approximate surface area is 113 Å². The first-order valence-electron chi connectivity index (χ1n) is 6.59. The number of aromatic nitrogens is 5. The molecule has 6 nitrogen and oxygen atoms in total. The molecule has 6 heteroatoms. The van der Waals surface area contributed by atoms with Crippen LogP contribution in [0.3, 0.4) is 0 Å². The second-order valence-corrected chi connectivity index (χ2v) is 4.47. The molecule has 0 saturated carbocycles. The van der Waals surface area contributed by atoms with Crippen LogP contribution in [0.25, 0.3) is 0 Å². The van der Waals surface area contributed by atoms with E-state index in [2.05, 4.69) is 39.4 Å². The Morgan fingerprint density at radius 1 is 1.16 bits per heavy atom. The molecule has 2 aromatic rings. The fourth-order valence-electron chi connectivity index (χ4n) is 1.90. The van der Waals surface area contributed by atoms with Crippen molar-refractivity contribution in [1.29, 1.82) is 0 Å². The summed E-state index contributed by atoms with van der Waals surface area (Å²) in [6.45, 7) is 6.85. The van der Waals surface area contributed by atoms with Crippen molar-refractivity contribution in [2.45, 2.75) is 40.2 Å². The van der Waals surface area contributed by atoms with Crippen molar-refractivity contribution in [2.24, 2.45) is 7.05 Å². The van der Waals surface area contributed by atoms with E-state index in [9.17, 15) is 0 Å². The molecule has 0 radical (unpaired) electrons.